The molecule has 116 valence electrons. The molecule has 0 N–H and O–H groups in total. The predicted octanol–water partition coefficient (Wildman–Crippen LogP) is -0.0533. The Morgan fingerprint density at radius 3 is 2.90 bits per heavy atom. The number of nitrogens with zero attached hydrogens (tertiary/aromatic N) is 4. The van der Waals surface area contributed by atoms with Gasteiger partial charge in [-0.2, -0.15) is 5.10 Å². The van der Waals surface area contributed by atoms with Crippen LogP contribution in [0.15, 0.2) is 17.1 Å². The first kappa shape index (κ1) is 15.5. The van der Waals surface area contributed by atoms with Crippen molar-refractivity contribution in [3.63, 3.8) is 0 Å². The van der Waals surface area contributed by atoms with Gasteiger partial charge in [-0.15, -0.1) is 0 Å². The zero-order valence-corrected chi connectivity index (χ0v) is 12.8. The monoisotopic (exact) mass is 294 g/mol. The SMILES string of the molecule is COC[C@@H]1CCCN1C(=O)Cn1ncc(N(C)C)cc1=O. The van der Waals surface area contributed by atoms with E-state index in [4.69, 9.17) is 4.74 Å². The topological polar surface area (TPSA) is 67.7 Å². The van der Waals surface area contributed by atoms with Gasteiger partial charge in [0.2, 0.25) is 5.91 Å². The van der Waals surface area contributed by atoms with Crippen LogP contribution in [-0.4, -0.2) is 61.0 Å². The third-order valence-electron chi connectivity index (χ3n) is 3.71. The van der Waals surface area contributed by atoms with Crippen LogP contribution in [0, 0.1) is 0 Å². The Morgan fingerprint density at radius 2 is 2.29 bits per heavy atom. The molecule has 21 heavy (non-hydrogen) atoms. The second-order valence-corrected chi connectivity index (χ2v) is 5.44. The van der Waals surface area contributed by atoms with Crippen molar-refractivity contribution in [3.8, 4) is 0 Å². The van der Waals surface area contributed by atoms with Crippen LogP contribution >= 0.6 is 0 Å². The van der Waals surface area contributed by atoms with E-state index in [2.05, 4.69) is 5.10 Å². The van der Waals surface area contributed by atoms with Crippen LogP contribution in [-0.2, 0) is 16.1 Å². The Morgan fingerprint density at radius 1 is 1.52 bits per heavy atom. The molecule has 1 aromatic heterocycles. The van der Waals surface area contributed by atoms with Gasteiger partial charge in [0.05, 0.1) is 24.5 Å². The van der Waals surface area contributed by atoms with Gasteiger partial charge >= 0.3 is 0 Å². The molecule has 7 heteroatoms. The molecule has 0 bridgehead atoms. The highest BCUT2D eigenvalue weighted by molar-refractivity contribution is 5.76. The third kappa shape index (κ3) is 3.60. The molecular formula is C14H22N4O3. The minimum absolute atomic E-state index is 0.0211. The molecule has 0 saturated carbocycles. The molecule has 1 fully saturated rings. The number of likely N-dealkylation sites (tertiary alicyclic amines) is 1. The molecule has 2 rings (SSSR count). The van der Waals surface area contributed by atoms with Crippen molar-refractivity contribution >= 4 is 11.6 Å². The summed E-state index contributed by atoms with van der Waals surface area (Å²) in [4.78, 5) is 27.9. The van der Waals surface area contributed by atoms with Gasteiger partial charge in [-0.25, -0.2) is 4.68 Å². The first-order valence-corrected chi connectivity index (χ1v) is 7.06. The van der Waals surface area contributed by atoms with E-state index in [1.807, 2.05) is 14.1 Å². The largest absolute Gasteiger partial charge is 0.383 e. The number of carbonyl (C=O) groups excluding carboxylic acids is 1. The van der Waals surface area contributed by atoms with Gasteiger partial charge in [0.15, 0.2) is 0 Å². The molecule has 0 aliphatic carbocycles. The molecule has 2 heterocycles. The summed E-state index contributed by atoms with van der Waals surface area (Å²) < 4.78 is 6.34. The van der Waals surface area contributed by atoms with Crippen LogP contribution in [0.1, 0.15) is 12.8 Å². The van der Waals surface area contributed by atoms with Crippen LogP contribution < -0.4 is 10.5 Å². The highest BCUT2D eigenvalue weighted by atomic mass is 16.5. The molecular weight excluding hydrogens is 272 g/mol. The van der Waals surface area contributed by atoms with Crippen molar-refractivity contribution in [1.82, 2.24) is 14.7 Å². The number of ether oxygens (including phenoxy) is 1. The number of carbonyl (C=O) groups is 1. The van der Waals surface area contributed by atoms with Crippen LogP contribution in [0.2, 0.25) is 0 Å². The van der Waals surface area contributed by atoms with E-state index in [0.717, 1.165) is 25.1 Å². The zero-order valence-electron chi connectivity index (χ0n) is 12.8. The number of hydrogen-bond acceptors (Lipinski definition) is 5. The summed E-state index contributed by atoms with van der Waals surface area (Å²) in [5.41, 5.74) is 0.458. The number of amides is 1. The molecule has 1 aliphatic heterocycles. The van der Waals surface area contributed by atoms with Crippen molar-refractivity contribution in [2.75, 3.05) is 39.3 Å². The normalized spacial score (nSPS) is 18.0. The first-order valence-electron chi connectivity index (χ1n) is 7.06. The minimum atomic E-state index is -0.267. The van der Waals surface area contributed by atoms with Crippen molar-refractivity contribution in [2.24, 2.45) is 0 Å². The number of anilines is 1. The number of methoxy groups -OCH3 is 1. The van der Waals surface area contributed by atoms with E-state index in [9.17, 15) is 9.59 Å². The fourth-order valence-corrected chi connectivity index (χ4v) is 2.54. The fraction of sp³-hybridized carbons (Fsp3) is 0.643. The molecule has 1 aliphatic rings. The summed E-state index contributed by atoms with van der Waals surface area (Å²) in [6.07, 6.45) is 3.51. The standard InChI is InChI=1S/C14H22N4O3/c1-16(2)12-7-13(19)18(15-8-12)9-14(20)17-6-4-5-11(17)10-21-3/h7-8,11H,4-6,9-10H2,1-3H3/t11-/m0/s1. The maximum atomic E-state index is 12.3. The predicted molar refractivity (Wildman–Crippen MR) is 79.4 cm³/mol. The Bertz CT molecular complexity index is 555. The van der Waals surface area contributed by atoms with E-state index in [1.165, 1.54) is 10.7 Å². The van der Waals surface area contributed by atoms with Crippen LogP contribution in [0.3, 0.4) is 0 Å². The lowest BCUT2D eigenvalue weighted by Gasteiger charge is -2.24. The summed E-state index contributed by atoms with van der Waals surface area (Å²) in [5.74, 6) is -0.0817. The van der Waals surface area contributed by atoms with Crippen molar-refractivity contribution < 1.29 is 9.53 Å². The zero-order chi connectivity index (χ0) is 15.4. The Labute approximate surface area is 124 Å². The molecule has 0 radical (unpaired) electrons. The van der Waals surface area contributed by atoms with Gasteiger partial charge in [-0.05, 0) is 12.8 Å². The quantitative estimate of drug-likeness (QED) is 0.761. The van der Waals surface area contributed by atoms with E-state index >= 15 is 0 Å². The smallest absolute Gasteiger partial charge is 0.269 e. The minimum Gasteiger partial charge on any atom is -0.383 e. The lowest BCUT2D eigenvalue weighted by molar-refractivity contribution is -0.133. The van der Waals surface area contributed by atoms with Crippen molar-refractivity contribution in [2.45, 2.75) is 25.4 Å². The average molecular weight is 294 g/mol. The average Bonchev–Trinajstić information content (AvgIpc) is 2.89. The van der Waals surface area contributed by atoms with E-state index in [0.29, 0.717) is 6.61 Å². The Balaban J connectivity index is 2.07. The Hall–Kier alpha value is -1.89. The number of aromatic nitrogens is 2. The third-order valence-corrected chi connectivity index (χ3v) is 3.71. The van der Waals surface area contributed by atoms with Gasteiger partial charge in [-0.3, -0.25) is 9.59 Å². The number of rotatable bonds is 5. The lowest BCUT2D eigenvalue weighted by atomic mass is 10.2. The molecule has 0 unspecified atom stereocenters. The van der Waals surface area contributed by atoms with Crippen molar-refractivity contribution in [1.29, 1.82) is 0 Å². The summed E-state index contributed by atoms with van der Waals surface area (Å²) in [6, 6.07) is 1.59. The molecule has 7 nitrogen and oxygen atoms in total. The van der Waals surface area contributed by atoms with E-state index in [1.54, 1.807) is 23.1 Å². The summed E-state index contributed by atoms with van der Waals surface area (Å²) in [5, 5.41) is 4.07. The Kier molecular flexibility index (Phi) is 4.95. The summed E-state index contributed by atoms with van der Waals surface area (Å²) >= 11 is 0. The van der Waals surface area contributed by atoms with E-state index < -0.39 is 0 Å². The second-order valence-electron chi connectivity index (χ2n) is 5.44. The summed E-state index contributed by atoms with van der Waals surface area (Å²) in [7, 11) is 5.31. The maximum Gasteiger partial charge on any atom is 0.269 e. The van der Waals surface area contributed by atoms with Gasteiger partial charge in [0, 0.05) is 33.8 Å². The maximum absolute atomic E-state index is 12.3. The van der Waals surface area contributed by atoms with Gasteiger partial charge < -0.3 is 14.5 Å². The number of hydrogen-bond donors (Lipinski definition) is 0. The summed E-state index contributed by atoms with van der Waals surface area (Å²) in [6.45, 7) is 1.23. The highest BCUT2D eigenvalue weighted by Crippen LogP contribution is 2.17. The molecule has 1 aromatic rings. The molecule has 0 aromatic carbocycles. The molecule has 1 atom stereocenters. The van der Waals surface area contributed by atoms with Gasteiger partial charge in [0.25, 0.3) is 5.56 Å². The van der Waals surface area contributed by atoms with E-state index in [-0.39, 0.29) is 24.1 Å². The molecule has 1 saturated heterocycles. The second kappa shape index (κ2) is 6.71. The fourth-order valence-electron chi connectivity index (χ4n) is 2.54. The van der Waals surface area contributed by atoms with Gasteiger partial charge in [-0.1, -0.05) is 0 Å². The lowest BCUT2D eigenvalue weighted by Crippen LogP contribution is -2.41. The molecule has 1 amide bonds. The van der Waals surface area contributed by atoms with Crippen LogP contribution in [0.4, 0.5) is 5.69 Å². The van der Waals surface area contributed by atoms with Crippen LogP contribution in [0.25, 0.3) is 0 Å². The highest BCUT2D eigenvalue weighted by Gasteiger charge is 2.28. The first-order chi connectivity index (χ1) is 10.0. The van der Waals surface area contributed by atoms with Crippen LogP contribution in [0.5, 0.6) is 0 Å². The molecule has 0 spiro atoms. The van der Waals surface area contributed by atoms with Crippen molar-refractivity contribution in [3.05, 3.63) is 22.6 Å². The van der Waals surface area contributed by atoms with Gasteiger partial charge in [0.1, 0.15) is 6.54 Å².